The predicted octanol–water partition coefficient (Wildman–Crippen LogP) is 3.26. The normalized spacial score (nSPS) is 23.0. The highest BCUT2D eigenvalue weighted by Crippen LogP contribution is 2.51. The molecule has 3 heterocycles. The van der Waals surface area contributed by atoms with Crippen molar-refractivity contribution >= 4 is 8.25 Å². The Morgan fingerprint density at radius 2 is 1.52 bits per heavy atom. The van der Waals surface area contributed by atoms with E-state index in [1.165, 1.54) is 12.3 Å². The van der Waals surface area contributed by atoms with Crippen LogP contribution < -0.4 is 20.7 Å². The van der Waals surface area contributed by atoms with Gasteiger partial charge < -0.3 is 23.7 Å². The molecule has 2 fully saturated rings. The average molecular weight is 622 g/mol. The quantitative estimate of drug-likeness (QED) is 0.189. The van der Waals surface area contributed by atoms with E-state index in [2.05, 4.69) is 4.98 Å². The van der Waals surface area contributed by atoms with Gasteiger partial charge in [0, 0.05) is 16.8 Å². The van der Waals surface area contributed by atoms with Gasteiger partial charge in [-0.15, -0.1) is 9.42 Å². The number of hydrogen-bond acceptors (Lipinski definition) is 9. The van der Waals surface area contributed by atoms with Crippen LogP contribution in [-0.2, 0) is 28.9 Å². The van der Waals surface area contributed by atoms with Crippen molar-refractivity contribution in [2.75, 3.05) is 27.4 Å². The summed E-state index contributed by atoms with van der Waals surface area (Å²) < 4.78 is 48.9. The van der Waals surface area contributed by atoms with E-state index in [-0.39, 0.29) is 13.2 Å². The van der Waals surface area contributed by atoms with E-state index < -0.39 is 49.1 Å². The topological polar surface area (TPSA) is 148 Å². The van der Waals surface area contributed by atoms with Crippen molar-refractivity contribution in [2.24, 2.45) is 0 Å². The lowest BCUT2D eigenvalue weighted by Crippen LogP contribution is -2.49. The highest BCUT2D eigenvalue weighted by Gasteiger charge is 2.67. The maximum atomic E-state index is 12.7. The first-order valence-electron chi connectivity index (χ1n) is 13.7. The summed E-state index contributed by atoms with van der Waals surface area (Å²) in [4.78, 5) is 36.4. The molecular weight excluding hydrogens is 591 g/mol. The molecule has 2 saturated heterocycles. The number of rotatable bonds is 11. The number of nitrogens with one attached hydrogen (secondary N) is 1. The fourth-order valence-electron chi connectivity index (χ4n) is 5.91. The monoisotopic (exact) mass is 621 g/mol. The van der Waals surface area contributed by atoms with Crippen LogP contribution in [0.2, 0.25) is 0 Å². The lowest BCUT2D eigenvalue weighted by molar-refractivity contribution is -0.203. The third kappa shape index (κ3) is 5.26. The molecule has 0 saturated carbocycles. The van der Waals surface area contributed by atoms with Gasteiger partial charge in [0.05, 0.1) is 27.4 Å². The van der Waals surface area contributed by atoms with E-state index in [1.54, 1.807) is 14.2 Å². The summed E-state index contributed by atoms with van der Waals surface area (Å²) in [6.07, 6.45) is -1.81. The van der Waals surface area contributed by atoms with Crippen molar-refractivity contribution in [3.63, 3.8) is 0 Å². The van der Waals surface area contributed by atoms with Crippen molar-refractivity contribution in [1.29, 1.82) is 0 Å². The third-order valence-electron chi connectivity index (χ3n) is 8.01. The second kappa shape index (κ2) is 12.1. The van der Waals surface area contributed by atoms with Crippen LogP contribution in [0.1, 0.15) is 22.9 Å². The molecule has 13 heteroatoms. The molecule has 0 radical (unpaired) electrons. The summed E-state index contributed by atoms with van der Waals surface area (Å²) in [7, 11) is 0.0946. The number of ether oxygens (including phenoxy) is 5. The predicted molar refractivity (Wildman–Crippen MR) is 157 cm³/mol. The van der Waals surface area contributed by atoms with Crippen LogP contribution in [-0.4, -0.2) is 59.7 Å². The number of aromatic nitrogens is 2. The van der Waals surface area contributed by atoms with Crippen molar-refractivity contribution in [3.8, 4) is 11.5 Å². The molecule has 2 bridgehead atoms. The molecule has 44 heavy (non-hydrogen) atoms. The van der Waals surface area contributed by atoms with Gasteiger partial charge in [-0.1, -0.05) is 54.6 Å². The molecule has 2 aliphatic heterocycles. The third-order valence-corrected chi connectivity index (χ3v) is 8.42. The second-order valence-electron chi connectivity index (χ2n) is 10.4. The summed E-state index contributed by atoms with van der Waals surface area (Å²) in [5.41, 5.74) is -1.62. The van der Waals surface area contributed by atoms with Gasteiger partial charge in [-0.05, 0) is 41.0 Å². The van der Waals surface area contributed by atoms with Crippen LogP contribution >= 0.6 is 8.25 Å². The molecule has 228 valence electrons. The first-order chi connectivity index (χ1) is 21.3. The molecule has 12 nitrogen and oxygen atoms in total. The Morgan fingerprint density at radius 3 is 2.07 bits per heavy atom. The molecule has 2 N–H and O–H groups in total. The molecule has 2 aliphatic rings. The number of methoxy groups -OCH3 is 2. The molecule has 6 rings (SSSR count). The fraction of sp³-hybridized carbons (Fsp3) is 0.290. The SMILES string of the molecule is COc1ccc(C(OC[C@@]23CO[C@H](C2O[P+](=O)O)[C@H](n2ccc(=O)[nH]c2=O)O3)(c2ccccc2)c2ccc(OC)cc2)cc1. The van der Waals surface area contributed by atoms with Crippen LogP contribution in [0, 0.1) is 0 Å². The maximum absolute atomic E-state index is 12.7. The Hall–Kier alpha value is -4.16. The summed E-state index contributed by atoms with van der Waals surface area (Å²) in [5.74, 6) is 1.31. The molecular formula is C31H30N2O10P+. The van der Waals surface area contributed by atoms with Crippen LogP contribution in [0.15, 0.2) is 101 Å². The van der Waals surface area contributed by atoms with E-state index in [0.717, 1.165) is 21.3 Å². The largest absolute Gasteiger partial charge is 0.695 e. The van der Waals surface area contributed by atoms with Gasteiger partial charge in [-0.2, -0.15) is 0 Å². The van der Waals surface area contributed by atoms with Crippen molar-refractivity contribution in [3.05, 3.63) is 129 Å². The minimum atomic E-state index is -3.08. The van der Waals surface area contributed by atoms with E-state index >= 15 is 0 Å². The summed E-state index contributed by atoms with van der Waals surface area (Å²) >= 11 is 0. The summed E-state index contributed by atoms with van der Waals surface area (Å²) in [5, 5.41) is 0. The molecule has 3 aromatic carbocycles. The van der Waals surface area contributed by atoms with Gasteiger partial charge in [0.2, 0.25) is 0 Å². The standard InChI is InChI=1S/C31H29N2O10P/c1-38-23-12-8-21(9-13-23)31(20-6-4-3-5-7-20,22-10-14-24(39-2)15-11-22)41-19-30-18-40-26(27(30)43-44(36)37)28(42-30)33-17-16-25(34)32-29(33)35/h3-17,26-28H,18-19H2,1-2H3,(H-,32,34,35,36,37)/p+1/t26-,27?,28-,30+/m1/s1. The number of H-pyrrole nitrogens is 1. The van der Waals surface area contributed by atoms with Crippen molar-refractivity contribution in [1.82, 2.24) is 9.55 Å². The molecule has 2 unspecified atom stereocenters. The minimum Gasteiger partial charge on any atom is -0.497 e. The zero-order valence-electron chi connectivity index (χ0n) is 23.8. The Labute approximate surface area is 252 Å². The molecule has 5 atom stereocenters. The zero-order chi connectivity index (χ0) is 30.9. The molecule has 0 spiro atoms. The lowest BCUT2D eigenvalue weighted by Gasteiger charge is -2.39. The van der Waals surface area contributed by atoms with E-state index in [4.69, 9.17) is 28.2 Å². The molecule has 0 aliphatic carbocycles. The zero-order valence-corrected chi connectivity index (χ0v) is 24.7. The average Bonchev–Trinajstić information content (AvgIpc) is 3.53. The summed E-state index contributed by atoms with van der Waals surface area (Å²) in [6, 6.07) is 25.7. The van der Waals surface area contributed by atoms with E-state index in [9.17, 15) is 19.0 Å². The van der Waals surface area contributed by atoms with E-state index in [1.807, 2.05) is 78.9 Å². The number of benzene rings is 3. The van der Waals surface area contributed by atoms with Crippen molar-refractivity contribution < 1.29 is 37.7 Å². The lowest BCUT2D eigenvalue weighted by atomic mass is 9.79. The van der Waals surface area contributed by atoms with Crippen LogP contribution in [0.3, 0.4) is 0 Å². The van der Waals surface area contributed by atoms with Gasteiger partial charge in [0.15, 0.2) is 17.9 Å². The Bertz CT molecular complexity index is 1690. The molecule has 1 aromatic heterocycles. The molecule has 0 amide bonds. The fourth-order valence-corrected chi connectivity index (χ4v) is 6.41. The van der Waals surface area contributed by atoms with E-state index in [0.29, 0.717) is 11.5 Å². The minimum absolute atomic E-state index is 0.0454. The Morgan fingerprint density at radius 1 is 0.932 bits per heavy atom. The number of fused-ring (bicyclic) bond motifs is 2. The highest BCUT2D eigenvalue weighted by atomic mass is 31.1. The number of hydrogen-bond donors (Lipinski definition) is 2. The van der Waals surface area contributed by atoms with Gasteiger partial charge in [0.1, 0.15) is 23.2 Å². The smallest absolute Gasteiger partial charge is 0.497 e. The first-order valence-corrected chi connectivity index (χ1v) is 14.8. The van der Waals surface area contributed by atoms with Crippen LogP contribution in [0.25, 0.3) is 0 Å². The maximum Gasteiger partial charge on any atom is 0.695 e. The van der Waals surface area contributed by atoms with Crippen molar-refractivity contribution in [2.45, 2.75) is 29.6 Å². The van der Waals surface area contributed by atoms with Gasteiger partial charge in [-0.25, -0.2) is 4.79 Å². The Kier molecular flexibility index (Phi) is 8.21. The van der Waals surface area contributed by atoms with Crippen LogP contribution in [0.4, 0.5) is 0 Å². The Balaban J connectivity index is 1.47. The second-order valence-corrected chi connectivity index (χ2v) is 11.1. The highest BCUT2D eigenvalue weighted by molar-refractivity contribution is 7.32. The first kappa shape index (κ1) is 29.9. The van der Waals surface area contributed by atoms with Gasteiger partial charge >= 0.3 is 13.9 Å². The number of nitrogens with zero attached hydrogens (tertiary/aromatic N) is 1. The number of aromatic amines is 1. The van der Waals surface area contributed by atoms with Gasteiger partial charge in [0.25, 0.3) is 5.56 Å². The summed E-state index contributed by atoms with van der Waals surface area (Å²) in [6.45, 7) is -0.227. The molecule has 4 aromatic rings. The van der Waals surface area contributed by atoms with Crippen LogP contribution in [0.5, 0.6) is 11.5 Å². The van der Waals surface area contributed by atoms with Gasteiger partial charge in [-0.3, -0.25) is 14.3 Å².